The third-order valence-electron chi connectivity index (χ3n) is 3.64. The predicted octanol–water partition coefficient (Wildman–Crippen LogP) is 0.845. The van der Waals surface area contributed by atoms with E-state index in [0.717, 1.165) is 37.8 Å². The van der Waals surface area contributed by atoms with E-state index in [1.165, 1.54) is 0 Å². The Kier molecular flexibility index (Phi) is 5.58. The van der Waals surface area contributed by atoms with Gasteiger partial charge >= 0.3 is 6.03 Å². The monoisotopic (exact) mass is 296 g/mol. The van der Waals surface area contributed by atoms with Crippen molar-refractivity contribution >= 4 is 6.03 Å². The molecule has 1 N–H and O–H groups in total. The summed E-state index contributed by atoms with van der Waals surface area (Å²) in [5.41, 5.74) is 0.756. The number of hydrogen-bond acceptors (Lipinski definition) is 5. The molecule has 0 unspecified atom stereocenters. The van der Waals surface area contributed by atoms with E-state index in [1.807, 2.05) is 13.0 Å². The number of morpholine rings is 1. The zero-order valence-electron chi connectivity index (χ0n) is 13.0. The number of carbonyl (C=O) groups is 1. The fourth-order valence-electron chi connectivity index (χ4n) is 2.32. The Morgan fingerprint density at radius 2 is 2.24 bits per heavy atom. The van der Waals surface area contributed by atoms with Gasteiger partial charge in [0.05, 0.1) is 19.8 Å². The second-order valence-electron chi connectivity index (χ2n) is 5.47. The van der Waals surface area contributed by atoms with Crippen LogP contribution >= 0.6 is 0 Å². The van der Waals surface area contributed by atoms with Gasteiger partial charge in [-0.1, -0.05) is 5.16 Å². The lowest BCUT2D eigenvalue weighted by Crippen LogP contribution is -2.49. The van der Waals surface area contributed by atoms with Crippen molar-refractivity contribution in [3.63, 3.8) is 0 Å². The number of aryl methyl sites for hydroxylation is 1. The van der Waals surface area contributed by atoms with Crippen LogP contribution in [0.4, 0.5) is 4.79 Å². The third kappa shape index (κ3) is 4.71. The third-order valence-corrected chi connectivity index (χ3v) is 3.64. The van der Waals surface area contributed by atoms with Gasteiger partial charge in [-0.05, 0) is 13.8 Å². The summed E-state index contributed by atoms with van der Waals surface area (Å²) in [7, 11) is 1.75. The van der Waals surface area contributed by atoms with Crippen molar-refractivity contribution in [2.24, 2.45) is 0 Å². The zero-order valence-corrected chi connectivity index (χ0v) is 13.0. The second kappa shape index (κ2) is 7.42. The highest BCUT2D eigenvalue weighted by Crippen LogP contribution is 2.05. The lowest BCUT2D eigenvalue weighted by molar-refractivity contribution is 0.0207. The molecule has 1 aromatic rings. The fourth-order valence-corrected chi connectivity index (χ4v) is 2.32. The molecule has 1 aromatic heterocycles. The van der Waals surface area contributed by atoms with Gasteiger partial charge < -0.3 is 19.5 Å². The predicted molar refractivity (Wildman–Crippen MR) is 78.0 cm³/mol. The van der Waals surface area contributed by atoms with E-state index < -0.39 is 0 Å². The molecule has 0 aliphatic carbocycles. The summed E-state index contributed by atoms with van der Waals surface area (Å²) >= 11 is 0. The van der Waals surface area contributed by atoms with Gasteiger partial charge in [0.2, 0.25) is 0 Å². The van der Waals surface area contributed by atoms with Crippen LogP contribution in [0.3, 0.4) is 0 Å². The van der Waals surface area contributed by atoms with Crippen LogP contribution in [0.15, 0.2) is 10.6 Å². The molecule has 2 heterocycles. The van der Waals surface area contributed by atoms with Crippen LogP contribution in [-0.2, 0) is 11.3 Å². The largest absolute Gasteiger partial charge is 0.379 e. The Balaban J connectivity index is 1.72. The average Bonchev–Trinajstić information content (AvgIpc) is 2.90. The van der Waals surface area contributed by atoms with Gasteiger partial charge in [0.1, 0.15) is 11.5 Å². The minimum absolute atomic E-state index is 0.101. The number of rotatable bonds is 5. The topological polar surface area (TPSA) is 70.8 Å². The normalized spacial score (nSPS) is 17.5. The molecule has 7 heteroatoms. The smallest absolute Gasteiger partial charge is 0.317 e. The second-order valence-corrected chi connectivity index (χ2v) is 5.47. The maximum atomic E-state index is 12.1. The van der Waals surface area contributed by atoms with E-state index in [2.05, 4.69) is 22.3 Å². The van der Waals surface area contributed by atoms with E-state index in [0.29, 0.717) is 19.1 Å². The van der Waals surface area contributed by atoms with Crippen molar-refractivity contribution in [1.82, 2.24) is 20.3 Å². The van der Waals surface area contributed by atoms with Gasteiger partial charge in [-0.15, -0.1) is 0 Å². The van der Waals surface area contributed by atoms with E-state index in [-0.39, 0.29) is 6.03 Å². The lowest BCUT2D eigenvalue weighted by Gasteiger charge is -2.32. The van der Waals surface area contributed by atoms with E-state index >= 15 is 0 Å². The number of nitrogens with zero attached hydrogens (tertiary/aromatic N) is 3. The highest BCUT2D eigenvalue weighted by Gasteiger charge is 2.18. The number of hydrogen-bond donors (Lipinski definition) is 1. The van der Waals surface area contributed by atoms with Crippen LogP contribution in [-0.4, -0.2) is 66.9 Å². The Hall–Kier alpha value is -1.60. The van der Waals surface area contributed by atoms with Crippen molar-refractivity contribution in [2.75, 3.05) is 39.9 Å². The summed E-state index contributed by atoms with van der Waals surface area (Å²) in [6, 6.07) is 2.04. The molecule has 1 aliphatic rings. The van der Waals surface area contributed by atoms with Gasteiger partial charge in [-0.3, -0.25) is 4.90 Å². The molecule has 0 spiro atoms. The van der Waals surface area contributed by atoms with Gasteiger partial charge in [-0.2, -0.15) is 0 Å². The molecule has 7 nitrogen and oxygen atoms in total. The van der Waals surface area contributed by atoms with E-state index in [4.69, 9.17) is 9.26 Å². The maximum Gasteiger partial charge on any atom is 0.317 e. The van der Waals surface area contributed by atoms with Crippen LogP contribution in [0.5, 0.6) is 0 Å². The first-order valence-electron chi connectivity index (χ1n) is 7.29. The molecule has 1 fully saturated rings. The molecule has 0 saturated carbocycles. The molecular formula is C14H24N4O3. The van der Waals surface area contributed by atoms with Crippen LogP contribution < -0.4 is 5.32 Å². The first-order valence-corrected chi connectivity index (χ1v) is 7.29. The van der Waals surface area contributed by atoms with Crippen molar-refractivity contribution in [3.05, 3.63) is 17.5 Å². The number of amides is 2. The zero-order chi connectivity index (χ0) is 15.2. The maximum absolute atomic E-state index is 12.1. The van der Waals surface area contributed by atoms with Crippen molar-refractivity contribution in [1.29, 1.82) is 0 Å². The Bertz CT molecular complexity index is 457. The first kappa shape index (κ1) is 15.8. The van der Waals surface area contributed by atoms with Gasteiger partial charge in [0, 0.05) is 38.8 Å². The highest BCUT2D eigenvalue weighted by molar-refractivity contribution is 5.73. The Labute approximate surface area is 125 Å². The highest BCUT2D eigenvalue weighted by atomic mass is 16.5. The molecule has 1 atom stereocenters. The minimum Gasteiger partial charge on any atom is -0.379 e. The average molecular weight is 296 g/mol. The van der Waals surface area contributed by atoms with Gasteiger partial charge in [0.25, 0.3) is 0 Å². The number of aromatic nitrogens is 1. The number of nitrogens with one attached hydrogen (secondary N) is 1. The summed E-state index contributed by atoms with van der Waals surface area (Å²) < 4.78 is 10.3. The van der Waals surface area contributed by atoms with Crippen LogP contribution in [0.25, 0.3) is 0 Å². The van der Waals surface area contributed by atoms with Crippen molar-refractivity contribution in [2.45, 2.75) is 26.4 Å². The number of ether oxygens (including phenoxy) is 1. The number of urea groups is 1. The fraction of sp³-hybridized carbons (Fsp3) is 0.714. The molecule has 1 saturated heterocycles. The molecule has 2 amide bonds. The molecule has 0 aromatic carbocycles. The molecule has 0 radical (unpaired) electrons. The van der Waals surface area contributed by atoms with Crippen molar-refractivity contribution in [3.8, 4) is 0 Å². The van der Waals surface area contributed by atoms with E-state index in [9.17, 15) is 4.79 Å². The summed E-state index contributed by atoms with van der Waals surface area (Å²) in [6.45, 7) is 8.40. The van der Waals surface area contributed by atoms with Crippen LogP contribution in [0.1, 0.15) is 18.4 Å². The van der Waals surface area contributed by atoms with Gasteiger partial charge in [0.15, 0.2) is 0 Å². The summed E-state index contributed by atoms with van der Waals surface area (Å²) in [6.07, 6.45) is 0. The van der Waals surface area contributed by atoms with Gasteiger partial charge in [-0.25, -0.2) is 4.79 Å². The van der Waals surface area contributed by atoms with Crippen molar-refractivity contribution < 1.29 is 14.1 Å². The van der Waals surface area contributed by atoms with Crippen LogP contribution in [0.2, 0.25) is 0 Å². The molecule has 0 bridgehead atoms. The lowest BCUT2D eigenvalue weighted by atomic mass is 10.2. The first-order chi connectivity index (χ1) is 10.1. The molecule has 1 aliphatic heterocycles. The minimum atomic E-state index is -0.101. The molecule has 21 heavy (non-hydrogen) atoms. The SMILES string of the molecule is Cc1cc(CN(C)C(=O)NC[C@H](C)N2CCOCC2)no1. The van der Waals surface area contributed by atoms with Crippen LogP contribution in [0, 0.1) is 6.92 Å². The quantitative estimate of drug-likeness (QED) is 0.872. The number of carbonyl (C=O) groups excluding carboxylic acids is 1. The Morgan fingerprint density at radius 1 is 1.52 bits per heavy atom. The molecule has 118 valence electrons. The summed E-state index contributed by atoms with van der Waals surface area (Å²) in [5, 5.41) is 6.84. The molecular weight excluding hydrogens is 272 g/mol. The van der Waals surface area contributed by atoms with E-state index in [1.54, 1.807) is 11.9 Å². The summed E-state index contributed by atoms with van der Waals surface area (Å²) in [5.74, 6) is 0.750. The summed E-state index contributed by atoms with van der Waals surface area (Å²) in [4.78, 5) is 16.0. The Morgan fingerprint density at radius 3 is 2.86 bits per heavy atom. The molecule has 2 rings (SSSR count). The standard InChI is InChI=1S/C14H24N4O3/c1-11(18-4-6-20-7-5-18)9-15-14(19)17(3)10-13-8-12(2)21-16-13/h8,11H,4-7,9-10H2,1-3H3,(H,15,19)/t11-/m0/s1.